The lowest BCUT2D eigenvalue weighted by Gasteiger charge is -2.32. The summed E-state index contributed by atoms with van der Waals surface area (Å²) in [7, 11) is -0.219. The van der Waals surface area contributed by atoms with Gasteiger partial charge in [-0.3, -0.25) is 0 Å². The average Bonchev–Trinajstić information content (AvgIpc) is 2.92. The quantitative estimate of drug-likeness (QED) is 0.833. The molecule has 0 bridgehead atoms. The van der Waals surface area contributed by atoms with E-state index < -0.39 is 0 Å². The third kappa shape index (κ3) is 3.00. The first-order chi connectivity index (χ1) is 10.3. The first-order valence-electron chi connectivity index (χ1n) is 7.67. The highest BCUT2D eigenvalue weighted by Gasteiger charge is 2.52. The predicted molar refractivity (Wildman–Crippen MR) is 89.7 cm³/mol. The van der Waals surface area contributed by atoms with Crippen LogP contribution in [0.2, 0.25) is 0 Å². The van der Waals surface area contributed by atoms with Crippen molar-refractivity contribution in [1.82, 2.24) is 10.2 Å². The molecule has 3 N–H and O–H groups in total. The van der Waals surface area contributed by atoms with Gasteiger partial charge in [-0.25, -0.2) is 0 Å². The number of hydrogen-bond acceptors (Lipinski definition) is 7. The molecule has 1 saturated heterocycles. The molecule has 1 atom stereocenters. The third-order valence-electron chi connectivity index (χ3n) is 4.77. The average molecular weight is 322 g/mol. The summed E-state index contributed by atoms with van der Waals surface area (Å²) in [6, 6.07) is 0.360. The monoisotopic (exact) mass is 322 g/mol. The van der Waals surface area contributed by atoms with Crippen molar-refractivity contribution in [2.45, 2.75) is 64.2 Å². The topological polar surface area (TPSA) is 82.3 Å². The Kier molecular flexibility index (Phi) is 3.95. The van der Waals surface area contributed by atoms with Gasteiger partial charge in [0.2, 0.25) is 10.3 Å². The standard InChI is InChI=1S/C14H23BN4O2S/c1-13(2)14(3,4)21-15(20-13)9-5-7-10(8-6-9)17-12-19-18-11(16)22-12/h5,10H,6-8H2,1-4H3,(H2,16,18)(H,17,19). The zero-order chi connectivity index (χ0) is 16.0. The minimum atomic E-state index is -0.280. The van der Waals surface area contributed by atoms with Crippen molar-refractivity contribution in [2.75, 3.05) is 11.1 Å². The molecule has 1 fully saturated rings. The van der Waals surface area contributed by atoms with Crippen LogP contribution in [0.3, 0.4) is 0 Å². The van der Waals surface area contributed by atoms with Gasteiger partial charge in [0.15, 0.2) is 0 Å². The fraction of sp³-hybridized carbons (Fsp3) is 0.714. The fourth-order valence-corrected chi connectivity index (χ4v) is 3.25. The summed E-state index contributed by atoms with van der Waals surface area (Å²) in [5, 5.41) is 12.5. The molecule has 2 heterocycles. The molecule has 2 aliphatic rings. The van der Waals surface area contributed by atoms with Crippen LogP contribution < -0.4 is 11.1 Å². The maximum Gasteiger partial charge on any atom is 0.490 e. The molecule has 1 unspecified atom stereocenters. The van der Waals surface area contributed by atoms with Crippen LogP contribution in [0.5, 0.6) is 0 Å². The van der Waals surface area contributed by atoms with Gasteiger partial charge >= 0.3 is 7.12 Å². The van der Waals surface area contributed by atoms with Crippen molar-refractivity contribution in [3.63, 3.8) is 0 Å². The first kappa shape index (κ1) is 15.8. The van der Waals surface area contributed by atoms with E-state index in [1.165, 1.54) is 16.8 Å². The Balaban J connectivity index is 1.60. The molecule has 0 amide bonds. The number of anilines is 2. The van der Waals surface area contributed by atoms with E-state index in [0.29, 0.717) is 11.2 Å². The van der Waals surface area contributed by atoms with Crippen molar-refractivity contribution < 1.29 is 9.31 Å². The van der Waals surface area contributed by atoms with Gasteiger partial charge in [-0.15, -0.1) is 10.2 Å². The Morgan fingerprint density at radius 1 is 1.27 bits per heavy atom. The highest BCUT2D eigenvalue weighted by atomic mass is 32.1. The molecule has 0 aromatic carbocycles. The van der Waals surface area contributed by atoms with Crippen LogP contribution in [0.4, 0.5) is 10.3 Å². The van der Waals surface area contributed by atoms with Crippen LogP contribution >= 0.6 is 11.3 Å². The lowest BCUT2D eigenvalue weighted by molar-refractivity contribution is 0.00578. The Morgan fingerprint density at radius 2 is 1.95 bits per heavy atom. The summed E-state index contributed by atoms with van der Waals surface area (Å²) < 4.78 is 12.2. The molecule has 0 saturated carbocycles. The zero-order valence-electron chi connectivity index (χ0n) is 13.5. The number of hydrogen-bond donors (Lipinski definition) is 2. The fourth-order valence-electron chi connectivity index (χ4n) is 2.66. The number of nitrogen functional groups attached to an aromatic ring is 1. The predicted octanol–water partition coefficient (Wildman–Crippen LogP) is 2.64. The van der Waals surface area contributed by atoms with Crippen molar-refractivity contribution in [3.8, 4) is 0 Å². The van der Waals surface area contributed by atoms with E-state index in [0.717, 1.165) is 24.4 Å². The van der Waals surface area contributed by atoms with Gasteiger partial charge in [-0.05, 0) is 52.4 Å². The van der Waals surface area contributed by atoms with Crippen LogP contribution in [-0.4, -0.2) is 34.6 Å². The highest BCUT2D eigenvalue weighted by Crippen LogP contribution is 2.40. The van der Waals surface area contributed by atoms with Crippen molar-refractivity contribution in [1.29, 1.82) is 0 Å². The number of nitrogens with two attached hydrogens (primary N) is 1. The Morgan fingerprint density at radius 3 is 2.45 bits per heavy atom. The minimum Gasteiger partial charge on any atom is -0.400 e. The van der Waals surface area contributed by atoms with E-state index in [-0.39, 0.29) is 18.3 Å². The molecule has 3 rings (SSSR count). The van der Waals surface area contributed by atoms with Gasteiger partial charge in [0.1, 0.15) is 0 Å². The van der Waals surface area contributed by atoms with E-state index in [2.05, 4.69) is 49.3 Å². The normalized spacial score (nSPS) is 26.8. The number of aromatic nitrogens is 2. The van der Waals surface area contributed by atoms with Crippen LogP contribution in [0, 0.1) is 0 Å². The summed E-state index contributed by atoms with van der Waals surface area (Å²) in [4.78, 5) is 0. The molecule has 0 spiro atoms. The van der Waals surface area contributed by atoms with Gasteiger partial charge < -0.3 is 20.4 Å². The van der Waals surface area contributed by atoms with Gasteiger partial charge in [-0.1, -0.05) is 17.4 Å². The van der Waals surface area contributed by atoms with E-state index in [4.69, 9.17) is 15.0 Å². The molecular weight excluding hydrogens is 299 g/mol. The lowest BCUT2D eigenvalue weighted by atomic mass is 9.72. The van der Waals surface area contributed by atoms with Crippen LogP contribution in [0.1, 0.15) is 47.0 Å². The van der Waals surface area contributed by atoms with E-state index in [9.17, 15) is 0 Å². The van der Waals surface area contributed by atoms with Crippen LogP contribution in [-0.2, 0) is 9.31 Å². The van der Waals surface area contributed by atoms with Crippen molar-refractivity contribution in [2.24, 2.45) is 0 Å². The molecule has 1 aliphatic heterocycles. The molecule has 1 aromatic rings. The summed E-state index contributed by atoms with van der Waals surface area (Å²) in [6.07, 6.45) is 5.14. The molecule has 1 aromatic heterocycles. The van der Waals surface area contributed by atoms with E-state index >= 15 is 0 Å². The summed E-state index contributed by atoms with van der Waals surface area (Å²) >= 11 is 1.38. The lowest BCUT2D eigenvalue weighted by Crippen LogP contribution is -2.41. The molecule has 6 nitrogen and oxygen atoms in total. The number of allylic oxidation sites excluding steroid dienone is 1. The maximum atomic E-state index is 6.11. The second-order valence-corrected chi connectivity index (χ2v) is 7.94. The summed E-state index contributed by atoms with van der Waals surface area (Å²) in [6.45, 7) is 8.34. The van der Waals surface area contributed by atoms with E-state index in [1.54, 1.807) is 0 Å². The second-order valence-electron chi connectivity index (χ2n) is 6.93. The molecule has 0 radical (unpaired) electrons. The minimum absolute atomic E-state index is 0.219. The first-order valence-corrected chi connectivity index (χ1v) is 8.48. The highest BCUT2D eigenvalue weighted by molar-refractivity contribution is 7.18. The largest absolute Gasteiger partial charge is 0.490 e. The molecular formula is C14H23BN4O2S. The van der Waals surface area contributed by atoms with Gasteiger partial charge in [-0.2, -0.15) is 0 Å². The van der Waals surface area contributed by atoms with E-state index in [1.807, 2.05) is 0 Å². The Bertz CT molecular complexity index is 571. The van der Waals surface area contributed by atoms with Crippen molar-refractivity contribution >= 4 is 28.7 Å². The van der Waals surface area contributed by atoms with Crippen LogP contribution in [0.15, 0.2) is 11.5 Å². The zero-order valence-corrected chi connectivity index (χ0v) is 14.4. The SMILES string of the molecule is CC1(C)OB(C2=CCC(Nc3nnc(N)s3)CC2)OC1(C)C. The smallest absolute Gasteiger partial charge is 0.400 e. The van der Waals surface area contributed by atoms with Crippen molar-refractivity contribution in [3.05, 3.63) is 11.5 Å². The third-order valence-corrected chi connectivity index (χ3v) is 5.45. The van der Waals surface area contributed by atoms with Crippen LogP contribution in [0.25, 0.3) is 0 Å². The molecule has 8 heteroatoms. The summed E-state index contributed by atoms with van der Waals surface area (Å²) in [5.41, 5.74) is 6.28. The number of nitrogens with one attached hydrogen (secondary N) is 1. The molecule has 120 valence electrons. The Labute approximate surface area is 135 Å². The maximum absolute atomic E-state index is 6.11. The summed E-state index contributed by atoms with van der Waals surface area (Å²) in [5.74, 6) is 0. The van der Waals surface area contributed by atoms with Gasteiger partial charge in [0.05, 0.1) is 11.2 Å². The Hall–Kier alpha value is -1.12. The molecule has 1 aliphatic carbocycles. The number of nitrogens with zero attached hydrogens (tertiary/aromatic N) is 2. The second kappa shape index (κ2) is 5.51. The number of rotatable bonds is 3. The molecule has 22 heavy (non-hydrogen) atoms. The van der Waals surface area contributed by atoms with Gasteiger partial charge in [0, 0.05) is 6.04 Å². The van der Waals surface area contributed by atoms with Gasteiger partial charge in [0.25, 0.3) is 0 Å².